The van der Waals surface area contributed by atoms with Crippen molar-refractivity contribution < 1.29 is 24.3 Å². The van der Waals surface area contributed by atoms with Crippen molar-refractivity contribution >= 4 is 209 Å². The van der Waals surface area contributed by atoms with Crippen LogP contribution in [0.4, 0.5) is 0 Å². The summed E-state index contributed by atoms with van der Waals surface area (Å²) >= 11 is 15.6. The minimum Gasteiger partial charge on any atom is -0.657 e. The van der Waals surface area contributed by atoms with Gasteiger partial charge in [0.25, 0.3) is 0 Å². The van der Waals surface area contributed by atoms with Gasteiger partial charge in [-0.05, 0) is 358 Å². The van der Waals surface area contributed by atoms with Gasteiger partial charge in [0.15, 0.2) is 0 Å². The van der Waals surface area contributed by atoms with Gasteiger partial charge in [-0.1, -0.05) is 211 Å². The number of carbonyl (C=O) groups is 1. The zero-order valence-corrected chi connectivity index (χ0v) is 94.1. The van der Waals surface area contributed by atoms with Crippen molar-refractivity contribution in [3.05, 3.63) is 253 Å². The number of aromatic nitrogens is 14. The monoisotopic (exact) mass is 2170 g/mol. The van der Waals surface area contributed by atoms with Gasteiger partial charge >= 0.3 is 19.5 Å². The number of halogens is 4. The molecule has 0 amide bonds. The SMILES string of the molecule is CCCCC(C=O)CC.CCCCC(CC)c1c2nc(c(Br)c3ccc([n-]3)c(C(CC)CCCC)c3nc(c(Br)c4ccc1[n-]4)C=C3)C=C2.CCCCC(CC)c1c2nc(c(Br)c3nc(c(C(CC)CCCC)c4ccc([nH]4)c(Br)c4ccc1[nH]4)C=C3)C=C2.CCCCC(CC)c1c2nc(cc3ccc([nH]3)c(C(CC)CCCC)c3ccc(cc4nc1C=C4)[nH]3)C=C2.[Zn+2].c1c[nH]c(Cc2ccc[nH]2)c1. The zero-order chi connectivity index (χ0) is 97.6. The zero-order valence-electron chi connectivity index (χ0n) is 84.8. The topological polar surface area (TPSA) is 217 Å². The van der Waals surface area contributed by atoms with E-state index in [1.807, 2.05) is 24.5 Å². The number of fused-ring (bicyclic) bond motifs is 24. The van der Waals surface area contributed by atoms with Crippen LogP contribution in [0.1, 0.15) is 425 Å². The van der Waals surface area contributed by atoms with E-state index < -0.39 is 0 Å². The standard InChI is InChI=1S/C34H40Br2N4.C34H38Br2N4.C34H42N4.C9H10N2.C8H16O.Zn/c2*1-5-9-11-21(7-3)31-23-13-17-27(37-23)33(35)29-19-15-25(39-29)32(22(8-4)12-10-6-2)26-16-20-30(40-26)34(36)28-18-14-24(31)38-28;1-5-9-11-23(7-3)33-29-17-13-25(35-29)21-27-15-19-31(37-27)34(24(8-4)12-10-6-2)32-20-16-28(38-32)22-26-14-18-30(33)36-26;1-3-8(10-5-1)7-9-4-2-6-11-9;1-3-5-6-8(4-2)7-9;/h13-22,37,39H,5-12H2,1-4H3;13-22H,5-12H2,1-4H3;13-24,35-36H,5-12H2,1-4H3;1-6,10-11H,7H2;7-8H,3-6H2,1-2H3;/q;-2;;;;+2. The average Bonchev–Trinajstić information content (AvgIpc) is 1.63. The molecule has 11 aromatic heterocycles. The average molecular weight is 2170 g/mol. The maximum Gasteiger partial charge on any atom is 2.00 e. The van der Waals surface area contributed by atoms with E-state index in [1.54, 1.807) is 0 Å². The molecule has 7 atom stereocenters. The van der Waals surface area contributed by atoms with Gasteiger partial charge in [-0.3, -0.25) is 0 Å². The van der Waals surface area contributed by atoms with Crippen molar-refractivity contribution in [1.29, 1.82) is 0 Å². The molecule has 20 heteroatoms. The third kappa shape index (κ3) is 27.7. The molecule has 6 aliphatic heterocycles. The predicted octanol–water partition coefficient (Wildman–Crippen LogP) is 36.7. The first-order chi connectivity index (χ1) is 67.4. The normalized spacial score (nSPS) is 13.7. The minimum absolute atomic E-state index is 0. The van der Waals surface area contributed by atoms with Gasteiger partial charge < -0.3 is 44.7 Å². The minimum atomic E-state index is 0. The van der Waals surface area contributed by atoms with Gasteiger partial charge in [0.05, 0.1) is 88.3 Å². The Morgan fingerprint density at radius 2 is 0.583 bits per heavy atom. The van der Waals surface area contributed by atoms with Gasteiger partial charge in [-0.15, -0.1) is 22.1 Å². The van der Waals surface area contributed by atoms with E-state index in [4.69, 9.17) is 39.9 Å². The second-order valence-electron chi connectivity index (χ2n) is 37.6. The Morgan fingerprint density at radius 3 is 0.928 bits per heavy atom. The molecule has 6 aliphatic rings. The molecule has 7 unspecified atom stereocenters. The Morgan fingerprint density at radius 1 is 0.288 bits per heavy atom. The van der Waals surface area contributed by atoms with Crippen LogP contribution in [-0.4, -0.2) is 66.1 Å². The summed E-state index contributed by atoms with van der Waals surface area (Å²) in [6.45, 7) is 31.5. The van der Waals surface area contributed by atoms with Crippen molar-refractivity contribution in [3.63, 3.8) is 0 Å². The number of H-pyrrole nitrogens is 6. The molecule has 0 aliphatic carbocycles. The third-order valence-corrected chi connectivity index (χ3v) is 31.2. The molecule has 0 fully saturated rings. The maximum atomic E-state index is 10.2. The van der Waals surface area contributed by atoms with Gasteiger partial charge in [-0.25, -0.2) is 29.9 Å². The second-order valence-corrected chi connectivity index (χ2v) is 40.7. The molecule has 15 nitrogen and oxygen atoms in total. The van der Waals surface area contributed by atoms with E-state index in [0.29, 0.717) is 41.4 Å². The van der Waals surface area contributed by atoms with E-state index in [9.17, 15) is 4.79 Å². The van der Waals surface area contributed by atoms with Gasteiger partial charge in [0.2, 0.25) is 0 Å². The maximum absolute atomic E-state index is 10.2. The molecule has 17 heterocycles. The third-order valence-electron chi connectivity index (χ3n) is 27.9. The molecule has 0 saturated heterocycles. The number of nitrogens with zero attached hydrogens (tertiary/aromatic N) is 8. The Labute approximate surface area is 872 Å². The Balaban J connectivity index is 0.000000168. The molecule has 139 heavy (non-hydrogen) atoms. The number of hydrogen-bond donors (Lipinski definition) is 6. The summed E-state index contributed by atoms with van der Waals surface area (Å²) in [5.41, 5.74) is 34.8. The number of aromatic amines is 6. The molecule has 0 spiro atoms. The van der Waals surface area contributed by atoms with Crippen LogP contribution < -0.4 is 9.97 Å². The van der Waals surface area contributed by atoms with Crippen molar-refractivity contribution in [2.75, 3.05) is 0 Å². The summed E-state index contributed by atoms with van der Waals surface area (Å²) in [7, 11) is 0. The summed E-state index contributed by atoms with van der Waals surface area (Å²) in [5, 5.41) is 0. The van der Waals surface area contributed by atoms with Crippen LogP contribution in [0.15, 0.2) is 139 Å². The van der Waals surface area contributed by atoms with E-state index in [2.05, 4.69) is 361 Å². The van der Waals surface area contributed by atoms with Crippen molar-refractivity contribution in [1.82, 2.24) is 69.8 Å². The van der Waals surface area contributed by atoms with Crippen LogP contribution in [0.25, 0.3) is 139 Å². The molecule has 0 radical (unpaired) electrons. The fourth-order valence-corrected chi connectivity index (χ4v) is 21.7. The smallest absolute Gasteiger partial charge is 0.657 e. The number of carbonyl (C=O) groups excluding carboxylic acids is 1. The van der Waals surface area contributed by atoms with Crippen LogP contribution in [0.5, 0.6) is 0 Å². The molecular weight excluding hydrogens is 2030 g/mol. The van der Waals surface area contributed by atoms with Gasteiger partial charge in [-0.2, -0.15) is 0 Å². The molecule has 17 rings (SSSR count). The first kappa shape index (κ1) is 108. The molecular formula is C119H146Br4N14OZn. The first-order valence-corrected chi connectivity index (χ1v) is 55.2. The molecule has 6 N–H and O–H groups in total. The van der Waals surface area contributed by atoms with E-state index >= 15 is 0 Å². The number of aldehydes is 1. The number of rotatable bonds is 37. The summed E-state index contributed by atoms with van der Waals surface area (Å²) in [5.74, 6) is 2.89. The molecule has 728 valence electrons. The van der Waals surface area contributed by atoms with Gasteiger partial charge in [0, 0.05) is 100 Å². The first-order valence-electron chi connectivity index (χ1n) is 52.0. The van der Waals surface area contributed by atoms with E-state index in [-0.39, 0.29) is 19.5 Å². The largest absolute Gasteiger partial charge is 2.00 e. The molecule has 24 bridgehead atoms. The van der Waals surface area contributed by atoms with Crippen LogP contribution >= 0.6 is 63.7 Å². The van der Waals surface area contributed by atoms with Crippen molar-refractivity contribution in [3.8, 4) is 0 Å². The van der Waals surface area contributed by atoms with Crippen LogP contribution in [0.2, 0.25) is 0 Å². The summed E-state index contributed by atoms with van der Waals surface area (Å²) in [6.07, 6.45) is 63.9. The summed E-state index contributed by atoms with van der Waals surface area (Å²) in [4.78, 5) is 72.7. The Kier molecular flexibility index (Phi) is 42.7. The predicted molar refractivity (Wildman–Crippen MR) is 604 cm³/mol. The Hall–Kier alpha value is -9.43. The summed E-state index contributed by atoms with van der Waals surface area (Å²) < 4.78 is 3.81. The number of hydrogen-bond acceptors (Lipinski definition) is 7. The fourth-order valence-electron chi connectivity index (χ4n) is 19.9. The second kappa shape index (κ2) is 54.7. The van der Waals surface area contributed by atoms with Crippen molar-refractivity contribution in [2.24, 2.45) is 5.92 Å². The van der Waals surface area contributed by atoms with E-state index in [1.165, 1.54) is 152 Å². The van der Waals surface area contributed by atoms with Crippen LogP contribution in [-0.2, 0) is 30.7 Å². The number of nitrogens with one attached hydrogen (secondary N) is 6. The van der Waals surface area contributed by atoms with E-state index in [0.717, 1.165) is 238 Å². The molecule has 0 saturated carbocycles. The van der Waals surface area contributed by atoms with Crippen LogP contribution in [0.3, 0.4) is 0 Å². The summed E-state index contributed by atoms with van der Waals surface area (Å²) in [6, 6.07) is 38.7. The van der Waals surface area contributed by atoms with Crippen LogP contribution in [0, 0.1) is 5.92 Å². The molecule has 0 aromatic carbocycles. The number of unbranched alkanes of at least 4 members (excludes halogenated alkanes) is 7. The molecule has 11 aromatic rings. The fraction of sp³-hybridized carbons (Fsp3) is 0.420. The van der Waals surface area contributed by atoms with Gasteiger partial charge in [0.1, 0.15) is 6.29 Å². The van der Waals surface area contributed by atoms with Crippen molar-refractivity contribution in [2.45, 2.75) is 319 Å². The quantitative estimate of drug-likeness (QED) is 0.0161. The Bertz CT molecular complexity index is 6230.